The van der Waals surface area contributed by atoms with Gasteiger partial charge in [-0.2, -0.15) is 0 Å². The van der Waals surface area contributed by atoms with E-state index >= 15 is 0 Å². The molecule has 0 amide bonds. The highest BCUT2D eigenvalue weighted by atomic mass is 28.4. The molecule has 2 aromatic rings. The summed E-state index contributed by atoms with van der Waals surface area (Å²) in [5, 5.41) is 12.7. The summed E-state index contributed by atoms with van der Waals surface area (Å²) in [6.07, 6.45) is 5.41. The molecule has 0 aliphatic carbocycles. The number of methoxy groups -OCH3 is 1. The predicted molar refractivity (Wildman–Crippen MR) is 118 cm³/mol. The maximum Gasteiger partial charge on any atom is 0.261 e. The largest absolute Gasteiger partial charge is 0.407 e. The summed E-state index contributed by atoms with van der Waals surface area (Å²) in [5.74, 6) is 2.48. The molecule has 0 unspecified atom stereocenters. The number of aliphatic hydroxyl groups is 1. The molecule has 0 aromatic heterocycles. The van der Waals surface area contributed by atoms with E-state index in [-0.39, 0.29) is 5.04 Å². The van der Waals surface area contributed by atoms with Crippen LogP contribution in [-0.2, 0) is 9.16 Å². The van der Waals surface area contributed by atoms with E-state index in [1.165, 1.54) is 17.5 Å². The van der Waals surface area contributed by atoms with E-state index in [1.807, 2.05) is 12.1 Å². The summed E-state index contributed by atoms with van der Waals surface area (Å²) in [6, 6.07) is 21.1. The van der Waals surface area contributed by atoms with Gasteiger partial charge in [0.15, 0.2) is 0 Å². The highest BCUT2D eigenvalue weighted by molar-refractivity contribution is 6.99. The van der Waals surface area contributed by atoms with Gasteiger partial charge in [-0.1, -0.05) is 87.4 Å². The quantitative estimate of drug-likeness (QED) is 0.401. The zero-order valence-electron chi connectivity index (χ0n) is 17.4. The zero-order chi connectivity index (χ0) is 20.6. The van der Waals surface area contributed by atoms with Crippen molar-refractivity contribution in [2.75, 3.05) is 13.7 Å². The topological polar surface area (TPSA) is 38.7 Å². The van der Waals surface area contributed by atoms with Crippen LogP contribution in [0.3, 0.4) is 0 Å². The van der Waals surface area contributed by atoms with Crippen LogP contribution >= 0.6 is 0 Å². The molecule has 2 aromatic carbocycles. The van der Waals surface area contributed by atoms with Crippen molar-refractivity contribution < 1.29 is 14.3 Å². The first-order valence-corrected chi connectivity index (χ1v) is 11.7. The van der Waals surface area contributed by atoms with Crippen molar-refractivity contribution in [3.8, 4) is 12.3 Å². The average molecular weight is 397 g/mol. The Balaban J connectivity index is 2.29. The van der Waals surface area contributed by atoms with Crippen molar-refractivity contribution in [3.63, 3.8) is 0 Å². The standard InChI is InChI=1S/C24H32O3Si/c1-6-23(26-5)22(25)18-13-19-27-28(24(2,3)4,20-14-9-7-10-15-20)21-16-11-8-12-17-21/h1,7-12,14-17,22-23,25H,13,18-19H2,2-5H3/t22-,23+/m0/s1. The van der Waals surface area contributed by atoms with E-state index in [9.17, 15) is 5.11 Å². The molecule has 0 fully saturated rings. The van der Waals surface area contributed by atoms with Crippen LogP contribution in [0.4, 0.5) is 0 Å². The third-order valence-corrected chi connectivity index (χ3v) is 10.2. The minimum Gasteiger partial charge on any atom is -0.407 e. The van der Waals surface area contributed by atoms with E-state index in [1.54, 1.807) is 0 Å². The van der Waals surface area contributed by atoms with Crippen LogP contribution in [0.2, 0.25) is 5.04 Å². The summed E-state index contributed by atoms with van der Waals surface area (Å²) in [6.45, 7) is 7.33. The van der Waals surface area contributed by atoms with Gasteiger partial charge in [0.05, 0.1) is 6.10 Å². The smallest absolute Gasteiger partial charge is 0.261 e. The van der Waals surface area contributed by atoms with E-state index in [4.69, 9.17) is 15.6 Å². The number of aliphatic hydroxyl groups excluding tert-OH is 1. The second kappa shape index (κ2) is 10.0. The van der Waals surface area contributed by atoms with E-state index < -0.39 is 20.5 Å². The summed E-state index contributed by atoms with van der Waals surface area (Å²) in [4.78, 5) is 0. The number of hydrogen-bond acceptors (Lipinski definition) is 3. The molecule has 150 valence electrons. The van der Waals surface area contributed by atoms with Crippen LogP contribution in [0.5, 0.6) is 0 Å². The van der Waals surface area contributed by atoms with Gasteiger partial charge in [0.25, 0.3) is 8.32 Å². The SMILES string of the molecule is C#C[C@@H](OC)[C@@H](O)CCCO[Si](c1ccccc1)(c1ccccc1)C(C)(C)C. The van der Waals surface area contributed by atoms with E-state index in [0.717, 1.165) is 0 Å². The van der Waals surface area contributed by atoms with Gasteiger partial charge in [-0.05, 0) is 28.3 Å². The second-order valence-corrected chi connectivity index (χ2v) is 12.3. The maximum atomic E-state index is 10.2. The minimum absolute atomic E-state index is 0.0534. The lowest BCUT2D eigenvalue weighted by Gasteiger charge is -2.43. The fraction of sp³-hybridized carbons (Fsp3) is 0.417. The third kappa shape index (κ3) is 4.92. The van der Waals surface area contributed by atoms with Gasteiger partial charge in [-0.25, -0.2) is 0 Å². The molecule has 0 saturated heterocycles. The van der Waals surface area contributed by atoms with Crippen molar-refractivity contribution in [2.45, 2.75) is 50.9 Å². The molecular formula is C24H32O3Si. The molecule has 2 atom stereocenters. The molecule has 0 aliphatic heterocycles. The van der Waals surface area contributed by atoms with Gasteiger partial charge in [0.1, 0.15) is 6.10 Å². The molecule has 3 nitrogen and oxygen atoms in total. The van der Waals surface area contributed by atoms with Gasteiger partial charge in [-0.3, -0.25) is 0 Å². The Morgan fingerprint density at radius 1 is 1.00 bits per heavy atom. The fourth-order valence-corrected chi connectivity index (χ4v) is 8.37. The molecule has 0 bridgehead atoms. The Hall–Kier alpha value is -1.90. The number of rotatable bonds is 9. The normalized spacial score (nSPS) is 14.3. The summed E-state index contributed by atoms with van der Waals surface area (Å²) >= 11 is 0. The first-order valence-electron chi connectivity index (χ1n) is 9.79. The lowest BCUT2D eigenvalue weighted by Crippen LogP contribution is -2.66. The molecule has 1 N–H and O–H groups in total. The van der Waals surface area contributed by atoms with Crippen LogP contribution in [0.25, 0.3) is 0 Å². The first kappa shape index (κ1) is 22.4. The van der Waals surface area contributed by atoms with E-state index in [0.29, 0.717) is 19.4 Å². The summed E-state index contributed by atoms with van der Waals surface area (Å²) < 4.78 is 11.9. The van der Waals surface area contributed by atoms with Gasteiger partial charge in [0.2, 0.25) is 0 Å². The lowest BCUT2D eigenvalue weighted by atomic mass is 10.1. The molecule has 0 aliphatic rings. The van der Waals surface area contributed by atoms with Crippen molar-refractivity contribution in [1.82, 2.24) is 0 Å². The van der Waals surface area contributed by atoms with Crippen molar-refractivity contribution in [2.24, 2.45) is 0 Å². The number of ether oxygens (including phenoxy) is 1. The number of benzene rings is 2. The second-order valence-electron chi connectivity index (χ2n) is 8.04. The van der Waals surface area contributed by atoms with Crippen LogP contribution in [0.15, 0.2) is 60.7 Å². The Bertz CT molecular complexity index is 707. The monoisotopic (exact) mass is 396 g/mol. The van der Waals surface area contributed by atoms with Gasteiger partial charge in [-0.15, -0.1) is 6.42 Å². The summed E-state index contributed by atoms with van der Waals surface area (Å²) in [5.41, 5.74) is 0. The minimum atomic E-state index is -2.52. The molecule has 28 heavy (non-hydrogen) atoms. The Morgan fingerprint density at radius 3 is 1.89 bits per heavy atom. The predicted octanol–water partition coefficient (Wildman–Crippen LogP) is 3.35. The van der Waals surface area contributed by atoms with Crippen LogP contribution in [-0.4, -0.2) is 39.3 Å². The van der Waals surface area contributed by atoms with Gasteiger partial charge < -0.3 is 14.3 Å². The van der Waals surface area contributed by atoms with Crippen LogP contribution in [0.1, 0.15) is 33.6 Å². The van der Waals surface area contributed by atoms with Crippen LogP contribution in [0, 0.1) is 12.3 Å². The maximum absolute atomic E-state index is 10.2. The molecule has 2 rings (SSSR count). The van der Waals surface area contributed by atoms with Crippen molar-refractivity contribution in [1.29, 1.82) is 0 Å². The highest BCUT2D eigenvalue weighted by Gasteiger charge is 2.49. The third-order valence-electron chi connectivity index (χ3n) is 5.15. The Morgan fingerprint density at radius 2 is 1.50 bits per heavy atom. The number of hydrogen-bond donors (Lipinski definition) is 1. The first-order chi connectivity index (χ1) is 13.4. The van der Waals surface area contributed by atoms with Crippen LogP contribution < -0.4 is 10.4 Å². The van der Waals surface area contributed by atoms with Gasteiger partial charge >= 0.3 is 0 Å². The summed E-state index contributed by atoms with van der Waals surface area (Å²) in [7, 11) is -0.998. The van der Waals surface area contributed by atoms with Crippen molar-refractivity contribution >= 4 is 18.7 Å². The Kier molecular flexibility index (Phi) is 8.03. The fourth-order valence-electron chi connectivity index (χ4n) is 3.77. The lowest BCUT2D eigenvalue weighted by molar-refractivity contribution is 0.0154. The molecule has 0 heterocycles. The van der Waals surface area contributed by atoms with Gasteiger partial charge in [0, 0.05) is 13.7 Å². The molecule has 0 radical (unpaired) electrons. The van der Waals surface area contributed by atoms with Crippen molar-refractivity contribution in [3.05, 3.63) is 60.7 Å². The molecule has 0 spiro atoms. The molecule has 4 heteroatoms. The van der Waals surface area contributed by atoms with E-state index in [2.05, 4.69) is 75.2 Å². The molecule has 0 saturated carbocycles. The molecular weight excluding hydrogens is 364 g/mol. The highest BCUT2D eigenvalue weighted by Crippen LogP contribution is 2.36. The zero-order valence-corrected chi connectivity index (χ0v) is 18.4. The Labute approximate surface area is 170 Å². The average Bonchev–Trinajstić information content (AvgIpc) is 2.69. The number of terminal acetylenes is 1.